The third-order valence-corrected chi connectivity index (χ3v) is 3.86. The van der Waals surface area contributed by atoms with Gasteiger partial charge in [-0.15, -0.1) is 0 Å². The molecule has 27 heavy (non-hydrogen) atoms. The maximum Gasteiger partial charge on any atom is 0.322 e. The predicted octanol–water partition coefficient (Wildman–Crippen LogP) is 4.29. The van der Waals surface area contributed by atoms with E-state index in [4.69, 9.17) is 9.47 Å². The van der Waals surface area contributed by atoms with Crippen LogP contribution in [0.3, 0.4) is 0 Å². The zero-order valence-corrected chi connectivity index (χ0v) is 15.1. The zero-order chi connectivity index (χ0) is 19.4. The van der Waals surface area contributed by atoms with Crippen LogP contribution in [0.25, 0.3) is 0 Å². The van der Waals surface area contributed by atoms with Gasteiger partial charge in [0.2, 0.25) is 0 Å². The number of aromatic nitrogens is 2. The van der Waals surface area contributed by atoms with Crippen molar-refractivity contribution in [3.63, 3.8) is 0 Å². The Morgan fingerprint density at radius 2 is 1.74 bits per heavy atom. The molecule has 3 aromatic rings. The van der Waals surface area contributed by atoms with Crippen LogP contribution in [-0.2, 0) is 0 Å². The number of nitrogens with one attached hydrogen (secondary N) is 1. The number of methoxy groups -OCH3 is 1. The summed E-state index contributed by atoms with van der Waals surface area (Å²) in [6.07, 6.45) is 0. The van der Waals surface area contributed by atoms with Crippen LogP contribution in [0.2, 0.25) is 0 Å². The number of rotatable bonds is 5. The van der Waals surface area contributed by atoms with Gasteiger partial charge in [0, 0.05) is 5.56 Å². The van der Waals surface area contributed by atoms with Crippen LogP contribution in [0.5, 0.6) is 17.5 Å². The van der Waals surface area contributed by atoms with Crippen molar-refractivity contribution in [3.05, 3.63) is 71.3 Å². The smallest absolute Gasteiger partial charge is 0.322 e. The highest BCUT2D eigenvalue weighted by atomic mass is 19.1. The molecule has 6 nitrogen and oxygen atoms in total. The minimum Gasteiger partial charge on any atom is -0.497 e. The molecule has 0 saturated heterocycles. The van der Waals surface area contributed by atoms with Gasteiger partial charge in [-0.25, -0.2) is 4.39 Å². The Morgan fingerprint density at radius 3 is 2.41 bits per heavy atom. The molecule has 0 aliphatic carbocycles. The molecule has 0 radical (unpaired) electrons. The third-order valence-electron chi connectivity index (χ3n) is 3.86. The monoisotopic (exact) mass is 367 g/mol. The number of hydrogen-bond acceptors (Lipinski definition) is 5. The fraction of sp³-hybridized carbons (Fsp3) is 0.150. The molecule has 0 aliphatic rings. The van der Waals surface area contributed by atoms with Gasteiger partial charge in [0.25, 0.3) is 5.91 Å². The lowest BCUT2D eigenvalue weighted by Gasteiger charge is -2.13. The molecule has 0 unspecified atom stereocenters. The van der Waals surface area contributed by atoms with Gasteiger partial charge in [0.05, 0.1) is 24.2 Å². The molecule has 1 N–H and O–H groups in total. The minimum absolute atomic E-state index is 0.00878. The highest BCUT2D eigenvalue weighted by molar-refractivity contribution is 6.05. The molecule has 0 fully saturated rings. The van der Waals surface area contributed by atoms with Crippen molar-refractivity contribution in [2.75, 3.05) is 12.4 Å². The summed E-state index contributed by atoms with van der Waals surface area (Å²) in [4.78, 5) is 20.9. The minimum atomic E-state index is -0.508. The largest absolute Gasteiger partial charge is 0.497 e. The summed E-state index contributed by atoms with van der Waals surface area (Å²) >= 11 is 0. The number of carbonyl (C=O) groups is 1. The van der Waals surface area contributed by atoms with E-state index >= 15 is 0 Å². The van der Waals surface area contributed by atoms with Crippen molar-refractivity contribution in [1.29, 1.82) is 0 Å². The van der Waals surface area contributed by atoms with Gasteiger partial charge in [-0.2, -0.15) is 9.97 Å². The molecule has 1 aromatic heterocycles. The maximum atomic E-state index is 13.7. The first-order valence-corrected chi connectivity index (χ1v) is 8.21. The summed E-state index contributed by atoms with van der Waals surface area (Å²) in [5.41, 5.74) is 1.93. The lowest BCUT2D eigenvalue weighted by atomic mass is 10.2. The normalized spacial score (nSPS) is 10.4. The SMILES string of the molecule is COc1cccc(C(=O)Nc2c(C)nc(Oc3ccccc3F)nc2C)c1. The Balaban J connectivity index is 1.82. The van der Waals surface area contributed by atoms with Gasteiger partial charge in [-0.1, -0.05) is 18.2 Å². The van der Waals surface area contributed by atoms with Gasteiger partial charge in [0.1, 0.15) is 5.75 Å². The van der Waals surface area contributed by atoms with Crippen molar-refractivity contribution in [3.8, 4) is 17.5 Å². The lowest BCUT2D eigenvalue weighted by molar-refractivity contribution is 0.102. The standard InChI is InChI=1S/C20H18FN3O3/c1-12-18(24-19(25)14-7-6-8-15(11-14)26-3)13(2)23-20(22-12)27-17-10-5-4-9-16(17)21/h4-11H,1-3H3,(H,24,25). The first kappa shape index (κ1) is 18.3. The first-order chi connectivity index (χ1) is 13.0. The number of anilines is 1. The Morgan fingerprint density at radius 1 is 1.04 bits per heavy atom. The number of para-hydroxylation sites is 1. The van der Waals surface area contributed by atoms with Gasteiger partial charge in [-0.05, 0) is 44.2 Å². The van der Waals surface area contributed by atoms with Crippen molar-refractivity contribution in [1.82, 2.24) is 9.97 Å². The van der Waals surface area contributed by atoms with Crippen LogP contribution in [-0.4, -0.2) is 23.0 Å². The average molecular weight is 367 g/mol. The van der Waals surface area contributed by atoms with Crippen LogP contribution in [0.1, 0.15) is 21.7 Å². The first-order valence-electron chi connectivity index (χ1n) is 8.21. The van der Waals surface area contributed by atoms with E-state index in [0.717, 1.165) is 0 Å². The summed E-state index contributed by atoms with van der Waals surface area (Å²) in [7, 11) is 1.54. The molecule has 1 heterocycles. The Hall–Kier alpha value is -3.48. The number of nitrogens with zero attached hydrogens (tertiary/aromatic N) is 2. The molecular weight excluding hydrogens is 349 g/mol. The molecule has 0 saturated carbocycles. The summed E-state index contributed by atoms with van der Waals surface area (Å²) in [6, 6.07) is 12.8. The molecule has 0 bridgehead atoms. The molecule has 7 heteroatoms. The highest BCUT2D eigenvalue weighted by Gasteiger charge is 2.15. The quantitative estimate of drug-likeness (QED) is 0.728. The summed E-state index contributed by atoms with van der Waals surface area (Å²) < 4.78 is 24.3. The zero-order valence-electron chi connectivity index (χ0n) is 15.1. The van der Waals surface area contributed by atoms with Gasteiger partial charge < -0.3 is 14.8 Å². The van der Waals surface area contributed by atoms with Crippen LogP contribution >= 0.6 is 0 Å². The number of carbonyl (C=O) groups excluding carboxylic acids is 1. The number of benzene rings is 2. The van der Waals surface area contributed by atoms with Gasteiger partial charge in [-0.3, -0.25) is 4.79 Å². The number of amides is 1. The second kappa shape index (κ2) is 7.82. The molecular formula is C20H18FN3O3. The molecule has 1 amide bonds. The molecule has 0 atom stereocenters. The van der Waals surface area contributed by atoms with E-state index in [1.54, 1.807) is 50.2 Å². The molecule has 138 valence electrons. The van der Waals surface area contributed by atoms with E-state index in [-0.39, 0.29) is 17.7 Å². The molecule has 0 aliphatic heterocycles. The topological polar surface area (TPSA) is 73.3 Å². The van der Waals surface area contributed by atoms with Crippen molar-refractivity contribution < 1.29 is 18.7 Å². The molecule has 3 rings (SSSR count). The average Bonchev–Trinajstić information content (AvgIpc) is 2.66. The van der Waals surface area contributed by atoms with E-state index in [1.165, 1.54) is 19.2 Å². The highest BCUT2D eigenvalue weighted by Crippen LogP contribution is 2.25. The predicted molar refractivity (Wildman–Crippen MR) is 98.9 cm³/mol. The Kier molecular flexibility index (Phi) is 5.30. The van der Waals surface area contributed by atoms with E-state index in [0.29, 0.717) is 28.4 Å². The van der Waals surface area contributed by atoms with Gasteiger partial charge >= 0.3 is 6.01 Å². The van der Waals surface area contributed by atoms with Crippen molar-refractivity contribution >= 4 is 11.6 Å². The summed E-state index contributed by atoms with van der Waals surface area (Å²) in [6.45, 7) is 3.42. The second-order valence-corrected chi connectivity index (χ2v) is 5.77. The van der Waals surface area contributed by atoms with Crippen LogP contribution in [0, 0.1) is 19.7 Å². The third kappa shape index (κ3) is 4.20. The maximum absolute atomic E-state index is 13.7. The fourth-order valence-corrected chi connectivity index (χ4v) is 2.49. The summed E-state index contributed by atoms with van der Waals surface area (Å²) in [5, 5.41) is 2.80. The van der Waals surface area contributed by atoms with E-state index < -0.39 is 5.82 Å². The molecule has 2 aromatic carbocycles. The van der Waals surface area contributed by atoms with E-state index in [2.05, 4.69) is 15.3 Å². The van der Waals surface area contributed by atoms with Crippen LogP contribution in [0.4, 0.5) is 10.1 Å². The number of halogens is 1. The van der Waals surface area contributed by atoms with E-state index in [9.17, 15) is 9.18 Å². The lowest BCUT2D eigenvalue weighted by Crippen LogP contribution is -2.15. The van der Waals surface area contributed by atoms with Crippen molar-refractivity contribution in [2.45, 2.75) is 13.8 Å². The fourth-order valence-electron chi connectivity index (χ4n) is 2.49. The Bertz CT molecular complexity index is 969. The Labute approximate surface area is 156 Å². The second-order valence-electron chi connectivity index (χ2n) is 5.77. The van der Waals surface area contributed by atoms with E-state index in [1.807, 2.05) is 0 Å². The van der Waals surface area contributed by atoms with Crippen LogP contribution in [0.15, 0.2) is 48.5 Å². The van der Waals surface area contributed by atoms with Crippen molar-refractivity contribution in [2.24, 2.45) is 0 Å². The number of ether oxygens (including phenoxy) is 2. The van der Waals surface area contributed by atoms with Crippen LogP contribution < -0.4 is 14.8 Å². The van der Waals surface area contributed by atoms with Gasteiger partial charge in [0.15, 0.2) is 11.6 Å². The molecule has 0 spiro atoms. The number of aryl methyl sites for hydroxylation is 2. The number of hydrogen-bond donors (Lipinski definition) is 1. The summed E-state index contributed by atoms with van der Waals surface area (Å²) in [5.74, 6) is -0.205.